The zero-order chi connectivity index (χ0) is 9.38. The van der Waals surface area contributed by atoms with Crippen LogP contribution in [0.1, 0.15) is 37.4 Å². The van der Waals surface area contributed by atoms with Crippen molar-refractivity contribution >= 4 is 5.65 Å². The Morgan fingerprint density at radius 2 is 2.14 bits per heavy atom. The van der Waals surface area contributed by atoms with Gasteiger partial charge in [0.1, 0.15) is 5.82 Å². The van der Waals surface area contributed by atoms with Crippen LogP contribution in [0.15, 0.2) is 18.3 Å². The maximum Gasteiger partial charge on any atom is 0.160 e. The molecule has 1 aliphatic carbocycles. The average Bonchev–Trinajstić information content (AvgIpc) is 2.85. The molecule has 0 spiro atoms. The minimum absolute atomic E-state index is 0.612. The van der Waals surface area contributed by atoms with E-state index in [9.17, 15) is 0 Å². The lowest BCUT2D eigenvalue weighted by Crippen LogP contribution is -1.99. The van der Waals surface area contributed by atoms with Gasteiger partial charge in [0.25, 0.3) is 0 Å². The fourth-order valence-electron chi connectivity index (χ4n) is 2.26. The second kappa shape index (κ2) is 3.08. The SMILES string of the molecule is [c]1ccc2nnc(C3CCCC3)n2c1. The third-order valence-corrected chi connectivity index (χ3v) is 3.00. The van der Waals surface area contributed by atoms with Gasteiger partial charge in [-0.2, -0.15) is 0 Å². The van der Waals surface area contributed by atoms with Gasteiger partial charge in [-0.15, -0.1) is 10.2 Å². The van der Waals surface area contributed by atoms with Crippen molar-refractivity contribution in [1.29, 1.82) is 0 Å². The van der Waals surface area contributed by atoms with Gasteiger partial charge in [0, 0.05) is 12.1 Å². The molecule has 1 fully saturated rings. The van der Waals surface area contributed by atoms with Crippen LogP contribution in [0.3, 0.4) is 0 Å². The Morgan fingerprint density at radius 1 is 1.29 bits per heavy atom. The summed E-state index contributed by atoms with van der Waals surface area (Å²) in [5, 5.41) is 8.43. The summed E-state index contributed by atoms with van der Waals surface area (Å²) in [6.07, 6.45) is 7.11. The molecule has 0 atom stereocenters. The maximum absolute atomic E-state index is 4.27. The highest BCUT2D eigenvalue weighted by Crippen LogP contribution is 2.32. The number of nitrogens with zero attached hydrogens (tertiary/aromatic N) is 3. The molecule has 1 aliphatic rings. The molecule has 14 heavy (non-hydrogen) atoms. The summed E-state index contributed by atoms with van der Waals surface area (Å²) < 4.78 is 2.07. The molecule has 0 bridgehead atoms. The van der Waals surface area contributed by atoms with Crippen LogP contribution < -0.4 is 0 Å². The molecule has 1 radical (unpaired) electrons. The topological polar surface area (TPSA) is 30.2 Å². The van der Waals surface area contributed by atoms with E-state index in [0.717, 1.165) is 11.5 Å². The van der Waals surface area contributed by atoms with Crippen molar-refractivity contribution < 1.29 is 0 Å². The summed E-state index contributed by atoms with van der Waals surface area (Å²) in [5.41, 5.74) is 0.936. The second-order valence-corrected chi connectivity index (χ2v) is 3.90. The van der Waals surface area contributed by atoms with Crippen molar-refractivity contribution in [2.75, 3.05) is 0 Å². The minimum atomic E-state index is 0.612. The highest BCUT2D eigenvalue weighted by Gasteiger charge is 2.21. The number of fused-ring (bicyclic) bond motifs is 1. The van der Waals surface area contributed by atoms with Crippen LogP contribution >= 0.6 is 0 Å². The lowest BCUT2D eigenvalue weighted by molar-refractivity contribution is 0.658. The first-order chi connectivity index (χ1) is 6.95. The first-order valence-electron chi connectivity index (χ1n) is 5.16. The Morgan fingerprint density at radius 3 is 3.00 bits per heavy atom. The molecular weight excluding hydrogens is 174 g/mol. The normalized spacial score (nSPS) is 18.0. The van der Waals surface area contributed by atoms with Crippen LogP contribution in [0.2, 0.25) is 0 Å². The predicted molar refractivity (Wildman–Crippen MR) is 53.0 cm³/mol. The molecule has 0 unspecified atom stereocenters. The van der Waals surface area contributed by atoms with Crippen LogP contribution in [-0.2, 0) is 0 Å². The largest absolute Gasteiger partial charge is 0.286 e. The standard InChI is InChI=1S/C11H12N3/c1-2-6-9(5-1)11-13-12-10-7-3-4-8-14(10)11/h3,7-9H,1-2,5-6H2. The van der Waals surface area contributed by atoms with E-state index in [1.54, 1.807) is 0 Å². The third-order valence-electron chi connectivity index (χ3n) is 3.00. The van der Waals surface area contributed by atoms with Gasteiger partial charge in [-0.1, -0.05) is 12.8 Å². The third kappa shape index (κ3) is 1.12. The quantitative estimate of drug-likeness (QED) is 0.683. The van der Waals surface area contributed by atoms with E-state index in [1.807, 2.05) is 18.3 Å². The molecule has 0 aliphatic heterocycles. The van der Waals surface area contributed by atoms with Crippen LogP contribution in [0.4, 0.5) is 0 Å². The lowest BCUT2D eigenvalue weighted by atomic mass is 10.1. The maximum atomic E-state index is 4.27. The monoisotopic (exact) mass is 186 g/mol. The molecule has 0 saturated heterocycles. The summed E-state index contributed by atoms with van der Waals surface area (Å²) in [6.45, 7) is 0. The molecular formula is C11H12N3. The van der Waals surface area contributed by atoms with Crippen molar-refractivity contribution in [2.24, 2.45) is 0 Å². The summed E-state index contributed by atoms with van der Waals surface area (Å²) >= 11 is 0. The fraction of sp³-hybridized carbons (Fsp3) is 0.455. The van der Waals surface area contributed by atoms with Crippen molar-refractivity contribution in [1.82, 2.24) is 14.6 Å². The molecule has 3 heteroatoms. The Kier molecular flexibility index (Phi) is 1.76. The van der Waals surface area contributed by atoms with E-state index in [4.69, 9.17) is 0 Å². The van der Waals surface area contributed by atoms with Crippen molar-refractivity contribution in [3.8, 4) is 0 Å². The summed E-state index contributed by atoms with van der Waals surface area (Å²) in [5.74, 6) is 1.73. The van der Waals surface area contributed by atoms with E-state index >= 15 is 0 Å². The first-order valence-corrected chi connectivity index (χ1v) is 5.16. The van der Waals surface area contributed by atoms with Gasteiger partial charge in [-0.05, 0) is 31.0 Å². The molecule has 3 nitrogen and oxygen atoms in total. The molecule has 0 aromatic carbocycles. The van der Waals surface area contributed by atoms with Crippen LogP contribution in [0, 0.1) is 6.07 Å². The van der Waals surface area contributed by atoms with Gasteiger partial charge in [-0.3, -0.25) is 4.40 Å². The van der Waals surface area contributed by atoms with E-state index in [0.29, 0.717) is 5.92 Å². The molecule has 0 amide bonds. The number of aromatic nitrogens is 3. The van der Waals surface area contributed by atoms with E-state index in [2.05, 4.69) is 20.7 Å². The van der Waals surface area contributed by atoms with E-state index in [1.165, 1.54) is 25.7 Å². The zero-order valence-electron chi connectivity index (χ0n) is 7.98. The number of pyridine rings is 1. The van der Waals surface area contributed by atoms with E-state index in [-0.39, 0.29) is 0 Å². The molecule has 2 aromatic heterocycles. The smallest absolute Gasteiger partial charge is 0.160 e. The van der Waals surface area contributed by atoms with E-state index < -0.39 is 0 Å². The summed E-state index contributed by atoms with van der Waals surface area (Å²) in [7, 11) is 0. The Labute approximate surface area is 82.8 Å². The lowest BCUT2D eigenvalue weighted by Gasteiger charge is -2.05. The van der Waals surface area contributed by atoms with Crippen LogP contribution in [-0.4, -0.2) is 14.6 Å². The molecule has 3 rings (SSSR count). The number of hydrogen-bond donors (Lipinski definition) is 0. The van der Waals surface area contributed by atoms with Crippen molar-refractivity contribution in [2.45, 2.75) is 31.6 Å². The Bertz CT molecular complexity index is 440. The van der Waals surface area contributed by atoms with Gasteiger partial charge in [0.15, 0.2) is 5.65 Å². The van der Waals surface area contributed by atoms with Crippen molar-refractivity contribution in [3.63, 3.8) is 0 Å². The molecule has 0 N–H and O–H groups in total. The average molecular weight is 186 g/mol. The highest BCUT2D eigenvalue weighted by atomic mass is 15.2. The Balaban J connectivity index is 2.11. The Hall–Kier alpha value is -1.38. The van der Waals surface area contributed by atoms with Gasteiger partial charge in [0.05, 0.1) is 0 Å². The minimum Gasteiger partial charge on any atom is -0.286 e. The second-order valence-electron chi connectivity index (χ2n) is 3.90. The molecule has 2 aromatic rings. The summed E-state index contributed by atoms with van der Waals surface area (Å²) in [4.78, 5) is 0. The molecule has 71 valence electrons. The highest BCUT2D eigenvalue weighted by molar-refractivity contribution is 5.37. The predicted octanol–water partition coefficient (Wildman–Crippen LogP) is 2.19. The van der Waals surface area contributed by atoms with Gasteiger partial charge >= 0.3 is 0 Å². The van der Waals surface area contributed by atoms with Crippen molar-refractivity contribution in [3.05, 3.63) is 30.2 Å². The number of hydrogen-bond acceptors (Lipinski definition) is 2. The van der Waals surface area contributed by atoms with Gasteiger partial charge < -0.3 is 0 Å². The van der Waals surface area contributed by atoms with Gasteiger partial charge in [-0.25, -0.2) is 0 Å². The zero-order valence-corrected chi connectivity index (χ0v) is 7.98. The number of rotatable bonds is 1. The fourth-order valence-corrected chi connectivity index (χ4v) is 2.26. The van der Waals surface area contributed by atoms with Crippen LogP contribution in [0.25, 0.3) is 5.65 Å². The van der Waals surface area contributed by atoms with Crippen LogP contribution in [0.5, 0.6) is 0 Å². The van der Waals surface area contributed by atoms with Gasteiger partial charge in [0.2, 0.25) is 0 Å². The molecule has 1 saturated carbocycles. The summed E-state index contributed by atoms with van der Waals surface area (Å²) in [6, 6.07) is 6.90. The first kappa shape index (κ1) is 7.97. The molecule has 2 heterocycles.